The largest absolute Gasteiger partial charge is 0.508 e. The zero-order valence-corrected chi connectivity index (χ0v) is 14.3. The molecule has 2 aromatic heterocycles. The number of hydrogen-bond acceptors (Lipinski definition) is 4. The monoisotopic (exact) mass is 350 g/mol. The number of aromatic nitrogens is 2. The second kappa shape index (κ2) is 6.18. The molecule has 132 valence electrons. The summed E-state index contributed by atoms with van der Waals surface area (Å²) < 4.78 is 2.01. The van der Waals surface area contributed by atoms with Crippen molar-refractivity contribution in [3.63, 3.8) is 0 Å². The Morgan fingerprint density at radius 2 is 1.92 bits per heavy atom. The minimum absolute atomic E-state index is 0.119. The van der Waals surface area contributed by atoms with Gasteiger partial charge in [0.05, 0.1) is 17.8 Å². The van der Waals surface area contributed by atoms with E-state index in [4.69, 9.17) is 0 Å². The van der Waals surface area contributed by atoms with Crippen LogP contribution in [0.15, 0.2) is 42.6 Å². The Kier molecular flexibility index (Phi) is 3.84. The average Bonchev–Trinajstić information content (AvgIpc) is 3.01. The van der Waals surface area contributed by atoms with Crippen molar-refractivity contribution in [3.05, 3.63) is 59.4 Å². The lowest BCUT2D eigenvalue weighted by atomic mass is 10.1. The van der Waals surface area contributed by atoms with E-state index >= 15 is 0 Å². The lowest BCUT2D eigenvalue weighted by Crippen LogP contribution is -2.39. The fourth-order valence-corrected chi connectivity index (χ4v) is 3.45. The number of carbonyl (C=O) groups excluding carboxylic acids is 2. The van der Waals surface area contributed by atoms with Crippen LogP contribution in [0, 0.1) is 0 Å². The van der Waals surface area contributed by atoms with E-state index in [2.05, 4.69) is 10.3 Å². The Balaban J connectivity index is 1.75. The van der Waals surface area contributed by atoms with Crippen molar-refractivity contribution < 1.29 is 14.7 Å². The number of fused-ring (bicyclic) bond motifs is 3. The van der Waals surface area contributed by atoms with Gasteiger partial charge >= 0.3 is 0 Å². The first kappa shape index (κ1) is 16.1. The van der Waals surface area contributed by atoms with Gasteiger partial charge in [0.1, 0.15) is 11.4 Å². The Hall–Kier alpha value is -3.35. The van der Waals surface area contributed by atoms with Gasteiger partial charge in [-0.15, -0.1) is 0 Å². The van der Waals surface area contributed by atoms with Crippen LogP contribution in [0.4, 0.5) is 0 Å². The number of nitrogens with zero attached hydrogens (tertiary/aromatic N) is 3. The van der Waals surface area contributed by atoms with Crippen molar-refractivity contribution in [2.24, 2.45) is 0 Å². The van der Waals surface area contributed by atoms with E-state index in [9.17, 15) is 14.7 Å². The molecule has 0 spiro atoms. The lowest BCUT2D eigenvalue weighted by Gasteiger charge is -2.29. The van der Waals surface area contributed by atoms with Crippen LogP contribution in [0.25, 0.3) is 11.0 Å². The summed E-state index contributed by atoms with van der Waals surface area (Å²) in [6.07, 6.45) is 1.71. The molecular formula is C19H18N4O3. The highest BCUT2D eigenvalue weighted by Crippen LogP contribution is 2.29. The van der Waals surface area contributed by atoms with Gasteiger partial charge < -0.3 is 19.9 Å². The number of benzene rings is 1. The number of aromatic hydroxyl groups is 1. The molecule has 2 amide bonds. The Morgan fingerprint density at radius 3 is 2.65 bits per heavy atom. The number of amides is 2. The average molecular weight is 350 g/mol. The molecule has 7 heteroatoms. The second-order valence-corrected chi connectivity index (χ2v) is 6.20. The van der Waals surface area contributed by atoms with Gasteiger partial charge in [0.15, 0.2) is 0 Å². The Bertz CT molecular complexity index is 1010. The maximum absolute atomic E-state index is 12.8. The first-order chi connectivity index (χ1) is 12.6. The number of carbonyl (C=O) groups is 2. The number of rotatable bonds is 2. The minimum atomic E-state index is -0.185. The van der Waals surface area contributed by atoms with E-state index in [1.54, 1.807) is 36.3 Å². The van der Waals surface area contributed by atoms with Gasteiger partial charge in [-0.2, -0.15) is 0 Å². The van der Waals surface area contributed by atoms with Crippen molar-refractivity contribution in [2.45, 2.75) is 13.1 Å². The molecule has 0 saturated heterocycles. The fraction of sp³-hybridized carbons (Fsp3) is 0.211. The van der Waals surface area contributed by atoms with Crippen molar-refractivity contribution in [1.82, 2.24) is 19.8 Å². The third-order valence-corrected chi connectivity index (χ3v) is 4.72. The third kappa shape index (κ3) is 2.48. The molecule has 7 nitrogen and oxygen atoms in total. The molecular weight excluding hydrogens is 332 g/mol. The zero-order chi connectivity index (χ0) is 18.3. The first-order valence-electron chi connectivity index (χ1n) is 8.36. The lowest BCUT2D eigenvalue weighted by molar-refractivity contribution is 0.0709. The summed E-state index contributed by atoms with van der Waals surface area (Å²) in [7, 11) is 1.59. The highest BCUT2D eigenvalue weighted by Gasteiger charge is 2.29. The van der Waals surface area contributed by atoms with Crippen molar-refractivity contribution in [2.75, 3.05) is 13.6 Å². The summed E-state index contributed by atoms with van der Waals surface area (Å²) in [6.45, 7) is 1.43. The molecule has 1 aliphatic heterocycles. The summed E-state index contributed by atoms with van der Waals surface area (Å²) in [6, 6.07) is 9.87. The highest BCUT2D eigenvalue weighted by molar-refractivity contribution is 6.07. The number of pyridine rings is 1. The van der Waals surface area contributed by atoms with E-state index < -0.39 is 0 Å². The quantitative estimate of drug-likeness (QED) is 0.737. The molecule has 0 atom stereocenters. The van der Waals surface area contributed by atoms with Crippen LogP contribution in [0.1, 0.15) is 26.4 Å². The predicted octanol–water partition coefficient (Wildman–Crippen LogP) is 1.76. The van der Waals surface area contributed by atoms with Crippen LogP contribution in [-0.4, -0.2) is 45.0 Å². The van der Waals surface area contributed by atoms with E-state index in [-0.39, 0.29) is 17.6 Å². The minimum Gasteiger partial charge on any atom is -0.508 e. The van der Waals surface area contributed by atoms with Gasteiger partial charge in [0.2, 0.25) is 0 Å². The molecule has 0 bridgehead atoms. The summed E-state index contributed by atoms with van der Waals surface area (Å²) in [5.41, 5.74) is 2.63. The topological polar surface area (TPSA) is 87.5 Å². The molecule has 26 heavy (non-hydrogen) atoms. The van der Waals surface area contributed by atoms with Crippen LogP contribution in [0.2, 0.25) is 0 Å². The van der Waals surface area contributed by atoms with E-state index in [1.807, 2.05) is 10.6 Å². The van der Waals surface area contributed by atoms with Gasteiger partial charge in [0, 0.05) is 37.3 Å². The van der Waals surface area contributed by atoms with Crippen molar-refractivity contribution in [3.8, 4) is 5.75 Å². The van der Waals surface area contributed by atoms with Crippen molar-refractivity contribution >= 4 is 22.8 Å². The molecule has 3 aromatic rings. The van der Waals surface area contributed by atoms with Crippen LogP contribution in [-0.2, 0) is 13.1 Å². The fourth-order valence-electron chi connectivity index (χ4n) is 3.45. The Labute approximate surface area is 149 Å². The van der Waals surface area contributed by atoms with Gasteiger partial charge in [-0.3, -0.25) is 9.59 Å². The van der Waals surface area contributed by atoms with Gasteiger partial charge in [-0.1, -0.05) is 0 Å². The van der Waals surface area contributed by atoms with Crippen LogP contribution in [0.3, 0.4) is 0 Å². The van der Waals surface area contributed by atoms with Gasteiger partial charge in [-0.05, 0) is 36.4 Å². The molecule has 1 aliphatic rings. The van der Waals surface area contributed by atoms with Gasteiger partial charge in [-0.25, -0.2) is 4.98 Å². The van der Waals surface area contributed by atoms with Crippen molar-refractivity contribution in [1.29, 1.82) is 0 Å². The third-order valence-electron chi connectivity index (χ3n) is 4.72. The summed E-state index contributed by atoms with van der Waals surface area (Å²) in [5.74, 6) is -0.193. The predicted molar refractivity (Wildman–Crippen MR) is 96.0 cm³/mol. The van der Waals surface area contributed by atoms with Crippen LogP contribution in [0.5, 0.6) is 5.75 Å². The second-order valence-electron chi connectivity index (χ2n) is 6.20. The van der Waals surface area contributed by atoms with E-state index in [0.29, 0.717) is 30.8 Å². The molecule has 0 unspecified atom stereocenters. The van der Waals surface area contributed by atoms with Crippen LogP contribution >= 0.6 is 0 Å². The summed E-state index contributed by atoms with van der Waals surface area (Å²) in [5, 5.41) is 12.9. The highest BCUT2D eigenvalue weighted by atomic mass is 16.3. The van der Waals surface area contributed by atoms with E-state index in [0.717, 1.165) is 16.7 Å². The normalized spacial score (nSPS) is 13.5. The number of nitrogens with one attached hydrogen (secondary N) is 1. The standard InChI is InChI=1S/C19H18N4O3/c1-20-18(25)16-14-3-2-8-21-17(14)23-10-9-22(11-15(16)23)19(26)12-4-6-13(24)7-5-12/h2-8,24H,9-11H2,1H3,(H,20,25). The summed E-state index contributed by atoms with van der Waals surface area (Å²) >= 11 is 0. The molecule has 0 aliphatic carbocycles. The molecule has 0 radical (unpaired) electrons. The molecule has 3 heterocycles. The SMILES string of the molecule is CNC(=O)c1c2n(c3ncccc13)CCN(C(=O)c1ccc(O)cc1)C2. The first-order valence-corrected chi connectivity index (χ1v) is 8.36. The number of phenols is 1. The molecule has 0 saturated carbocycles. The smallest absolute Gasteiger partial charge is 0.254 e. The molecule has 4 rings (SSSR count). The number of hydrogen-bond donors (Lipinski definition) is 2. The summed E-state index contributed by atoms with van der Waals surface area (Å²) in [4.78, 5) is 31.4. The maximum Gasteiger partial charge on any atom is 0.254 e. The van der Waals surface area contributed by atoms with Gasteiger partial charge in [0.25, 0.3) is 11.8 Å². The zero-order valence-electron chi connectivity index (χ0n) is 14.3. The Morgan fingerprint density at radius 1 is 1.15 bits per heavy atom. The molecule has 2 N–H and O–H groups in total. The van der Waals surface area contributed by atoms with E-state index in [1.165, 1.54) is 12.1 Å². The molecule has 1 aromatic carbocycles. The number of phenolic OH excluding ortho intramolecular Hbond substituents is 1. The maximum atomic E-state index is 12.8. The molecule has 0 fully saturated rings. The van der Waals surface area contributed by atoms with Crippen LogP contribution < -0.4 is 5.32 Å².